The summed E-state index contributed by atoms with van der Waals surface area (Å²) < 4.78 is 26.9. The highest BCUT2D eigenvalue weighted by molar-refractivity contribution is 6.05. The average molecular weight is 299 g/mol. The number of fused-ring (bicyclic) bond motifs is 1. The summed E-state index contributed by atoms with van der Waals surface area (Å²) in [5, 5.41) is 11.8. The van der Waals surface area contributed by atoms with Gasteiger partial charge in [0.15, 0.2) is 11.6 Å². The third kappa shape index (κ3) is 2.27. The van der Waals surface area contributed by atoms with E-state index in [4.69, 9.17) is 5.26 Å². The van der Waals surface area contributed by atoms with Crippen LogP contribution in [0.1, 0.15) is 11.6 Å². The Bertz CT molecular complexity index is 771. The molecule has 6 heteroatoms. The molecule has 1 N–H and O–H groups in total. The van der Waals surface area contributed by atoms with E-state index in [1.165, 1.54) is 0 Å². The fourth-order valence-electron chi connectivity index (χ4n) is 2.47. The van der Waals surface area contributed by atoms with Gasteiger partial charge in [0.05, 0.1) is 17.4 Å². The molecule has 0 spiro atoms. The van der Waals surface area contributed by atoms with Crippen LogP contribution in [0.4, 0.5) is 20.2 Å². The number of anilines is 2. The minimum absolute atomic E-state index is 0.164. The molecule has 1 amide bonds. The van der Waals surface area contributed by atoms with Crippen LogP contribution in [0.15, 0.2) is 42.5 Å². The second kappa shape index (κ2) is 5.45. The van der Waals surface area contributed by atoms with Crippen molar-refractivity contribution in [1.82, 2.24) is 0 Å². The molecule has 1 heterocycles. The van der Waals surface area contributed by atoms with Crippen molar-refractivity contribution in [3.8, 4) is 6.07 Å². The Morgan fingerprint density at radius 3 is 2.55 bits per heavy atom. The fraction of sp³-hybridized carbons (Fsp3) is 0.125. The van der Waals surface area contributed by atoms with Crippen molar-refractivity contribution in [3.63, 3.8) is 0 Å². The fourth-order valence-corrected chi connectivity index (χ4v) is 2.47. The third-order valence-electron chi connectivity index (χ3n) is 3.50. The van der Waals surface area contributed by atoms with Crippen LogP contribution in [0.3, 0.4) is 0 Å². The van der Waals surface area contributed by atoms with Crippen LogP contribution in [0.25, 0.3) is 0 Å². The Hall–Kier alpha value is -2.94. The van der Waals surface area contributed by atoms with E-state index in [0.717, 1.165) is 17.0 Å². The lowest BCUT2D eigenvalue weighted by atomic mass is 10.0. The van der Waals surface area contributed by atoms with Crippen molar-refractivity contribution in [3.05, 3.63) is 59.7 Å². The number of carbonyl (C=O) groups excluding carboxylic acids is 1. The molecule has 3 rings (SSSR count). The summed E-state index contributed by atoms with van der Waals surface area (Å²) in [5.74, 6) is -2.45. The summed E-state index contributed by atoms with van der Waals surface area (Å²) in [7, 11) is 0. The van der Waals surface area contributed by atoms with Gasteiger partial charge in [-0.25, -0.2) is 8.78 Å². The Morgan fingerprint density at radius 1 is 1.18 bits per heavy atom. The van der Waals surface area contributed by atoms with Crippen molar-refractivity contribution in [1.29, 1.82) is 5.26 Å². The Balaban J connectivity index is 2.10. The summed E-state index contributed by atoms with van der Waals surface area (Å²) in [6, 6.07) is 11.9. The van der Waals surface area contributed by atoms with Crippen LogP contribution in [-0.4, -0.2) is 12.5 Å². The maximum Gasteiger partial charge on any atom is 0.255 e. The van der Waals surface area contributed by atoms with Crippen LogP contribution in [0, 0.1) is 23.0 Å². The minimum atomic E-state index is -1.06. The topological polar surface area (TPSA) is 56.1 Å². The van der Waals surface area contributed by atoms with Gasteiger partial charge < -0.3 is 5.32 Å². The maximum absolute atomic E-state index is 13.5. The van der Waals surface area contributed by atoms with Gasteiger partial charge in [0.1, 0.15) is 12.6 Å². The summed E-state index contributed by atoms with van der Waals surface area (Å²) in [4.78, 5) is 13.7. The molecule has 1 aliphatic heterocycles. The number of carbonyl (C=O) groups is 1. The van der Waals surface area contributed by atoms with Gasteiger partial charge in [0.2, 0.25) is 0 Å². The number of halogens is 2. The zero-order valence-electron chi connectivity index (χ0n) is 11.4. The minimum Gasteiger partial charge on any atom is -0.368 e. The lowest BCUT2D eigenvalue weighted by molar-refractivity contribution is -0.119. The van der Waals surface area contributed by atoms with E-state index in [2.05, 4.69) is 5.32 Å². The summed E-state index contributed by atoms with van der Waals surface area (Å²) in [6.07, 6.45) is 0. The highest BCUT2D eigenvalue weighted by Gasteiger charge is 2.34. The molecule has 110 valence electrons. The lowest BCUT2D eigenvalue weighted by Crippen LogP contribution is -2.42. The normalized spacial score (nSPS) is 16.7. The lowest BCUT2D eigenvalue weighted by Gasteiger charge is -2.34. The van der Waals surface area contributed by atoms with E-state index in [-0.39, 0.29) is 23.8 Å². The Morgan fingerprint density at radius 2 is 1.86 bits per heavy atom. The van der Waals surface area contributed by atoms with Gasteiger partial charge in [-0.05, 0) is 5.56 Å². The highest BCUT2D eigenvalue weighted by atomic mass is 19.2. The average Bonchev–Trinajstić information content (AvgIpc) is 2.53. The molecule has 4 nitrogen and oxygen atoms in total. The molecular formula is C16H11F2N3O. The molecule has 0 fully saturated rings. The summed E-state index contributed by atoms with van der Waals surface area (Å²) in [6.45, 7) is -0.234. The van der Waals surface area contributed by atoms with Gasteiger partial charge in [-0.3, -0.25) is 9.69 Å². The number of hydrogen-bond acceptors (Lipinski definition) is 3. The van der Waals surface area contributed by atoms with Gasteiger partial charge in [-0.1, -0.05) is 30.3 Å². The number of nitrogens with one attached hydrogen (secondary N) is 1. The van der Waals surface area contributed by atoms with Crippen LogP contribution < -0.4 is 10.2 Å². The number of hydrogen-bond donors (Lipinski definition) is 1. The van der Waals surface area contributed by atoms with E-state index in [1.54, 1.807) is 24.3 Å². The Labute approximate surface area is 125 Å². The van der Waals surface area contributed by atoms with Crippen molar-refractivity contribution in [2.24, 2.45) is 0 Å². The maximum atomic E-state index is 13.5. The number of nitrogens with zero attached hydrogens (tertiary/aromatic N) is 2. The molecule has 0 aliphatic carbocycles. The van der Waals surface area contributed by atoms with Gasteiger partial charge in [-0.15, -0.1) is 0 Å². The molecule has 22 heavy (non-hydrogen) atoms. The second-order valence-electron chi connectivity index (χ2n) is 4.85. The quantitative estimate of drug-likeness (QED) is 0.867. The van der Waals surface area contributed by atoms with E-state index < -0.39 is 17.7 Å². The van der Waals surface area contributed by atoms with Crippen molar-refractivity contribution < 1.29 is 13.6 Å². The number of amides is 1. The zero-order valence-corrected chi connectivity index (χ0v) is 11.4. The molecule has 1 atom stereocenters. The van der Waals surface area contributed by atoms with Crippen LogP contribution >= 0.6 is 0 Å². The SMILES string of the molecule is N#CCN1C(=O)C(c2ccccc2)Nc2cc(F)c(F)cc21. The molecule has 2 aromatic carbocycles. The number of rotatable bonds is 2. The van der Waals surface area contributed by atoms with Gasteiger partial charge >= 0.3 is 0 Å². The molecular weight excluding hydrogens is 288 g/mol. The molecule has 1 unspecified atom stereocenters. The molecule has 0 radical (unpaired) electrons. The van der Waals surface area contributed by atoms with Crippen LogP contribution in [0.5, 0.6) is 0 Å². The number of nitriles is 1. The van der Waals surface area contributed by atoms with Gasteiger partial charge in [0.25, 0.3) is 5.91 Å². The zero-order chi connectivity index (χ0) is 15.7. The van der Waals surface area contributed by atoms with E-state index >= 15 is 0 Å². The highest BCUT2D eigenvalue weighted by Crippen LogP contribution is 2.37. The van der Waals surface area contributed by atoms with Crippen LogP contribution in [0.2, 0.25) is 0 Å². The standard InChI is InChI=1S/C16H11F2N3O/c17-11-8-13-14(9-12(11)18)21(7-6-19)16(22)15(20-13)10-4-2-1-3-5-10/h1-5,8-9,15,20H,7H2. The van der Waals surface area contributed by atoms with E-state index in [0.29, 0.717) is 5.56 Å². The first-order valence-corrected chi connectivity index (χ1v) is 6.60. The number of benzene rings is 2. The predicted octanol–water partition coefficient (Wildman–Crippen LogP) is 2.99. The smallest absolute Gasteiger partial charge is 0.255 e. The first-order valence-electron chi connectivity index (χ1n) is 6.60. The molecule has 0 saturated heterocycles. The second-order valence-corrected chi connectivity index (χ2v) is 4.85. The van der Waals surface area contributed by atoms with Gasteiger partial charge in [-0.2, -0.15) is 5.26 Å². The first kappa shape index (κ1) is 14.0. The monoisotopic (exact) mass is 299 g/mol. The van der Waals surface area contributed by atoms with Crippen molar-refractivity contribution in [2.45, 2.75) is 6.04 Å². The van der Waals surface area contributed by atoms with Crippen molar-refractivity contribution >= 4 is 17.3 Å². The Kier molecular flexibility index (Phi) is 3.47. The van der Waals surface area contributed by atoms with Crippen LogP contribution in [-0.2, 0) is 4.79 Å². The molecule has 1 aliphatic rings. The van der Waals surface area contributed by atoms with Crippen molar-refractivity contribution in [2.75, 3.05) is 16.8 Å². The molecule has 0 aromatic heterocycles. The largest absolute Gasteiger partial charge is 0.368 e. The van der Waals surface area contributed by atoms with Gasteiger partial charge in [0, 0.05) is 12.1 Å². The summed E-state index contributed by atoms with van der Waals surface area (Å²) in [5.41, 5.74) is 1.13. The predicted molar refractivity (Wildman–Crippen MR) is 77.1 cm³/mol. The van der Waals surface area contributed by atoms with E-state index in [1.807, 2.05) is 12.1 Å². The summed E-state index contributed by atoms with van der Waals surface area (Å²) >= 11 is 0. The van der Waals surface area contributed by atoms with E-state index in [9.17, 15) is 13.6 Å². The molecule has 0 saturated carbocycles. The first-order chi connectivity index (χ1) is 10.6. The third-order valence-corrected chi connectivity index (χ3v) is 3.50. The molecule has 2 aromatic rings. The molecule has 0 bridgehead atoms.